The zero-order valence-corrected chi connectivity index (χ0v) is 19.7. The molecule has 0 aliphatic carbocycles. The van der Waals surface area contributed by atoms with Crippen molar-refractivity contribution in [1.29, 1.82) is 0 Å². The van der Waals surface area contributed by atoms with Gasteiger partial charge in [0.15, 0.2) is 11.0 Å². The number of ether oxygens (including phenoxy) is 1. The summed E-state index contributed by atoms with van der Waals surface area (Å²) >= 11 is 7.81. The quantitative estimate of drug-likeness (QED) is 0.268. The lowest BCUT2D eigenvalue weighted by atomic mass is 10.1. The molecular weight excluding hydrogens is 472 g/mol. The molecule has 9 heteroatoms. The van der Waals surface area contributed by atoms with Crippen LogP contribution < -0.4 is 4.74 Å². The molecule has 4 aromatic rings. The molecule has 2 heterocycles. The molecule has 0 unspecified atom stereocenters. The van der Waals surface area contributed by atoms with Crippen LogP contribution in [0.3, 0.4) is 0 Å². The average Bonchev–Trinajstić information content (AvgIpc) is 3.39. The summed E-state index contributed by atoms with van der Waals surface area (Å²) in [5.74, 6) is 1.15. The SMILES string of the molecule is COc1ccc(-n2c(SCCN3C(=O)c4ccccc4C3=O)nnc2-c2ccccc2)cc1Cl. The maximum atomic E-state index is 12.7. The van der Waals surface area contributed by atoms with Crippen molar-refractivity contribution in [3.05, 3.63) is 88.9 Å². The third kappa shape index (κ3) is 3.95. The summed E-state index contributed by atoms with van der Waals surface area (Å²) in [6, 6.07) is 22.1. The molecule has 1 aliphatic rings. The molecule has 7 nitrogen and oxygen atoms in total. The molecule has 0 radical (unpaired) electrons. The van der Waals surface area contributed by atoms with Gasteiger partial charge in [-0.25, -0.2) is 0 Å². The molecule has 3 aromatic carbocycles. The summed E-state index contributed by atoms with van der Waals surface area (Å²) in [4.78, 5) is 26.6. The fraction of sp³-hybridized carbons (Fsp3) is 0.120. The zero-order valence-electron chi connectivity index (χ0n) is 18.1. The fourth-order valence-corrected chi connectivity index (χ4v) is 4.96. The lowest BCUT2D eigenvalue weighted by Crippen LogP contribution is -2.31. The molecule has 170 valence electrons. The zero-order chi connectivity index (χ0) is 23.7. The molecule has 1 aliphatic heterocycles. The summed E-state index contributed by atoms with van der Waals surface area (Å²) in [5, 5.41) is 9.90. The van der Waals surface area contributed by atoms with Crippen LogP contribution in [0.25, 0.3) is 17.1 Å². The largest absolute Gasteiger partial charge is 0.495 e. The standard InChI is InChI=1S/C25H19ClN4O3S/c1-33-21-12-11-17(15-20(21)26)30-22(16-7-3-2-4-8-16)27-28-25(30)34-14-13-29-23(31)18-9-5-6-10-19(18)24(29)32/h2-12,15H,13-14H2,1H3. The Labute approximate surface area is 205 Å². The Morgan fingerprint density at radius 1 is 0.912 bits per heavy atom. The highest BCUT2D eigenvalue weighted by atomic mass is 35.5. The predicted octanol–water partition coefficient (Wildman–Crippen LogP) is 4.98. The lowest BCUT2D eigenvalue weighted by Gasteiger charge is -2.14. The van der Waals surface area contributed by atoms with E-state index in [9.17, 15) is 9.59 Å². The van der Waals surface area contributed by atoms with Gasteiger partial charge >= 0.3 is 0 Å². The van der Waals surface area contributed by atoms with E-state index < -0.39 is 0 Å². The van der Waals surface area contributed by atoms with Gasteiger partial charge in [0.25, 0.3) is 11.8 Å². The summed E-state index contributed by atoms with van der Waals surface area (Å²) in [6.07, 6.45) is 0. The van der Waals surface area contributed by atoms with Crippen LogP contribution in [0.4, 0.5) is 0 Å². The Hall–Kier alpha value is -3.62. The van der Waals surface area contributed by atoms with Crippen LogP contribution in [0.2, 0.25) is 5.02 Å². The van der Waals surface area contributed by atoms with E-state index in [-0.39, 0.29) is 18.4 Å². The van der Waals surface area contributed by atoms with Crippen LogP contribution in [-0.2, 0) is 0 Å². The molecule has 1 aromatic heterocycles. The van der Waals surface area contributed by atoms with Crippen LogP contribution in [0.1, 0.15) is 20.7 Å². The van der Waals surface area contributed by atoms with E-state index in [1.807, 2.05) is 41.0 Å². The Morgan fingerprint density at radius 3 is 2.24 bits per heavy atom. The maximum absolute atomic E-state index is 12.7. The smallest absolute Gasteiger partial charge is 0.261 e. The first-order valence-corrected chi connectivity index (χ1v) is 11.9. The molecule has 5 rings (SSSR count). The molecule has 0 N–H and O–H groups in total. The van der Waals surface area contributed by atoms with Crippen molar-refractivity contribution < 1.29 is 14.3 Å². The summed E-state index contributed by atoms with van der Waals surface area (Å²) in [7, 11) is 1.57. The number of benzene rings is 3. The first kappa shape index (κ1) is 22.2. The Balaban J connectivity index is 1.42. The van der Waals surface area contributed by atoms with Crippen LogP contribution >= 0.6 is 23.4 Å². The third-order valence-electron chi connectivity index (χ3n) is 5.48. The molecule has 0 bridgehead atoms. The molecule has 0 atom stereocenters. The normalized spacial score (nSPS) is 12.8. The Morgan fingerprint density at radius 2 is 1.59 bits per heavy atom. The highest BCUT2D eigenvalue weighted by molar-refractivity contribution is 7.99. The first-order chi connectivity index (χ1) is 16.6. The second-order valence-corrected chi connectivity index (χ2v) is 8.95. The minimum absolute atomic E-state index is 0.258. The fourth-order valence-electron chi connectivity index (χ4n) is 3.84. The summed E-state index contributed by atoms with van der Waals surface area (Å²) in [6.45, 7) is 0.258. The summed E-state index contributed by atoms with van der Waals surface area (Å²) in [5.41, 5.74) is 2.56. The number of nitrogens with zero attached hydrogens (tertiary/aromatic N) is 4. The number of carbonyl (C=O) groups is 2. The maximum Gasteiger partial charge on any atom is 0.261 e. The van der Waals surface area contributed by atoms with Crippen molar-refractivity contribution in [3.63, 3.8) is 0 Å². The van der Waals surface area contributed by atoms with Crippen molar-refractivity contribution in [3.8, 4) is 22.8 Å². The number of rotatable bonds is 7. The molecular formula is C25H19ClN4O3S. The van der Waals surface area contributed by atoms with Crippen LogP contribution in [0, 0.1) is 0 Å². The number of halogens is 1. The van der Waals surface area contributed by atoms with Gasteiger partial charge in [-0.2, -0.15) is 0 Å². The lowest BCUT2D eigenvalue weighted by molar-refractivity contribution is 0.0664. The molecule has 0 saturated heterocycles. The van der Waals surface area contributed by atoms with Gasteiger partial charge in [-0.05, 0) is 30.3 Å². The number of carbonyl (C=O) groups excluding carboxylic acids is 2. The van der Waals surface area contributed by atoms with Gasteiger partial charge in [0.2, 0.25) is 0 Å². The number of thioether (sulfide) groups is 1. The molecule has 0 saturated carbocycles. The Bertz CT molecular complexity index is 1360. The van der Waals surface area contributed by atoms with E-state index in [4.69, 9.17) is 16.3 Å². The number of hydrogen-bond donors (Lipinski definition) is 0. The second-order valence-electron chi connectivity index (χ2n) is 7.48. The van der Waals surface area contributed by atoms with Crippen molar-refractivity contribution in [2.45, 2.75) is 5.16 Å². The monoisotopic (exact) mass is 490 g/mol. The van der Waals surface area contributed by atoms with Gasteiger partial charge < -0.3 is 4.74 Å². The van der Waals surface area contributed by atoms with Gasteiger partial charge in [0, 0.05) is 17.9 Å². The van der Waals surface area contributed by atoms with E-state index >= 15 is 0 Å². The number of aromatic nitrogens is 3. The van der Waals surface area contributed by atoms with Gasteiger partial charge in [0.05, 0.1) is 28.9 Å². The van der Waals surface area contributed by atoms with Crippen LogP contribution in [0.15, 0.2) is 78.0 Å². The third-order valence-corrected chi connectivity index (χ3v) is 6.69. The molecule has 0 spiro atoms. The Kier molecular flexibility index (Phi) is 6.08. The van der Waals surface area contributed by atoms with Crippen molar-refractivity contribution in [2.75, 3.05) is 19.4 Å². The van der Waals surface area contributed by atoms with Crippen molar-refractivity contribution in [1.82, 2.24) is 19.7 Å². The van der Waals surface area contributed by atoms with E-state index in [0.717, 1.165) is 11.3 Å². The minimum atomic E-state index is -0.269. The minimum Gasteiger partial charge on any atom is -0.495 e. The number of amides is 2. The first-order valence-electron chi connectivity index (χ1n) is 10.5. The number of fused-ring (bicyclic) bond motifs is 1. The molecule has 2 amide bonds. The van der Waals surface area contributed by atoms with Gasteiger partial charge in [-0.1, -0.05) is 65.8 Å². The molecule has 0 fully saturated rings. The van der Waals surface area contributed by atoms with Crippen molar-refractivity contribution in [2.24, 2.45) is 0 Å². The van der Waals surface area contributed by atoms with Crippen molar-refractivity contribution >= 4 is 35.2 Å². The number of methoxy groups -OCH3 is 1. The van der Waals surface area contributed by atoms with E-state index in [1.54, 1.807) is 43.5 Å². The van der Waals surface area contributed by atoms with Gasteiger partial charge in [-0.15, -0.1) is 10.2 Å². The van der Waals surface area contributed by atoms with Crippen LogP contribution in [-0.4, -0.2) is 50.9 Å². The number of hydrogen-bond acceptors (Lipinski definition) is 6. The van der Waals surface area contributed by atoms with Gasteiger partial charge in [-0.3, -0.25) is 19.1 Å². The predicted molar refractivity (Wildman–Crippen MR) is 131 cm³/mol. The second kappa shape index (κ2) is 9.32. The van der Waals surface area contributed by atoms with E-state index in [2.05, 4.69) is 10.2 Å². The topological polar surface area (TPSA) is 77.3 Å². The summed E-state index contributed by atoms with van der Waals surface area (Å²) < 4.78 is 7.19. The van der Waals surface area contributed by atoms with E-state index in [0.29, 0.717) is 38.6 Å². The van der Waals surface area contributed by atoms with Crippen LogP contribution in [0.5, 0.6) is 5.75 Å². The molecule has 34 heavy (non-hydrogen) atoms. The average molecular weight is 491 g/mol. The van der Waals surface area contributed by atoms with E-state index in [1.165, 1.54) is 16.7 Å². The highest BCUT2D eigenvalue weighted by Crippen LogP contribution is 2.32. The van der Waals surface area contributed by atoms with Gasteiger partial charge in [0.1, 0.15) is 5.75 Å². The highest BCUT2D eigenvalue weighted by Gasteiger charge is 2.34. The number of imide groups is 1.